The van der Waals surface area contributed by atoms with Gasteiger partial charge in [0, 0.05) is 18.7 Å². The van der Waals surface area contributed by atoms with E-state index in [1.807, 2.05) is 38.1 Å². The van der Waals surface area contributed by atoms with Crippen molar-refractivity contribution in [1.82, 2.24) is 4.90 Å². The van der Waals surface area contributed by atoms with E-state index in [1.54, 1.807) is 17.0 Å². The Labute approximate surface area is 140 Å². The number of rotatable bonds is 4. The molecule has 0 aromatic heterocycles. The number of nitrogens with zero attached hydrogens (tertiary/aromatic N) is 1. The highest BCUT2D eigenvalue weighted by atomic mass is 35.5. The molecule has 2 aromatic carbocycles. The van der Waals surface area contributed by atoms with Gasteiger partial charge in [-0.2, -0.15) is 0 Å². The van der Waals surface area contributed by atoms with Crippen molar-refractivity contribution < 1.29 is 14.3 Å². The van der Waals surface area contributed by atoms with Gasteiger partial charge in [-0.15, -0.1) is 0 Å². The van der Waals surface area contributed by atoms with Crippen LogP contribution in [0.4, 0.5) is 0 Å². The molecule has 0 aliphatic carbocycles. The summed E-state index contributed by atoms with van der Waals surface area (Å²) in [5, 5.41) is 0.398. The van der Waals surface area contributed by atoms with Gasteiger partial charge in [0.1, 0.15) is 0 Å². The van der Waals surface area contributed by atoms with Crippen LogP contribution in [0.1, 0.15) is 28.4 Å². The first-order valence-corrected chi connectivity index (χ1v) is 7.91. The summed E-state index contributed by atoms with van der Waals surface area (Å²) in [6, 6.07) is 11.4. The van der Waals surface area contributed by atoms with Gasteiger partial charge in [-0.05, 0) is 37.1 Å². The van der Waals surface area contributed by atoms with Gasteiger partial charge in [-0.1, -0.05) is 35.9 Å². The Morgan fingerprint density at radius 3 is 2.78 bits per heavy atom. The molecule has 0 saturated heterocycles. The number of fused-ring (bicyclic) bond motifs is 1. The number of hydrogen-bond donors (Lipinski definition) is 0. The zero-order valence-electron chi connectivity index (χ0n) is 13.1. The monoisotopic (exact) mass is 331 g/mol. The first-order valence-electron chi connectivity index (χ1n) is 7.53. The molecule has 0 radical (unpaired) electrons. The van der Waals surface area contributed by atoms with Crippen molar-refractivity contribution in [3.8, 4) is 11.5 Å². The highest BCUT2D eigenvalue weighted by Crippen LogP contribution is 2.40. The molecule has 0 bridgehead atoms. The first kappa shape index (κ1) is 15.7. The van der Waals surface area contributed by atoms with Crippen molar-refractivity contribution in [2.24, 2.45) is 0 Å². The molecule has 1 heterocycles. The Morgan fingerprint density at radius 2 is 2.04 bits per heavy atom. The van der Waals surface area contributed by atoms with E-state index < -0.39 is 0 Å². The minimum atomic E-state index is -0.0732. The van der Waals surface area contributed by atoms with E-state index in [9.17, 15) is 4.79 Å². The smallest absolute Gasteiger partial charge is 0.254 e. The van der Waals surface area contributed by atoms with Crippen LogP contribution in [-0.2, 0) is 6.54 Å². The van der Waals surface area contributed by atoms with Gasteiger partial charge < -0.3 is 14.4 Å². The van der Waals surface area contributed by atoms with Gasteiger partial charge in [0.15, 0.2) is 11.5 Å². The van der Waals surface area contributed by atoms with Crippen LogP contribution in [-0.4, -0.2) is 24.1 Å². The van der Waals surface area contributed by atoms with Crippen LogP contribution in [0, 0.1) is 6.92 Å². The van der Waals surface area contributed by atoms with Crippen molar-refractivity contribution in [3.05, 3.63) is 58.1 Å². The number of amides is 1. The third-order valence-corrected chi connectivity index (χ3v) is 4.25. The molecule has 1 amide bonds. The third kappa shape index (κ3) is 3.13. The van der Waals surface area contributed by atoms with Crippen LogP contribution in [0.2, 0.25) is 5.02 Å². The number of carbonyl (C=O) groups excluding carboxylic acids is 1. The van der Waals surface area contributed by atoms with Crippen molar-refractivity contribution in [3.63, 3.8) is 0 Å². The molecule has 1 aliphatic heterocycles. The van der Waals surface area contributed by atoms with E-state index in [4.69, 9.17) is 21.1 Å². The lowest BCUT2D eigenvalue weighted by molar-refractivity contribution is 0.0752. The summed E-state index contributed by atoms with van der Waals surface area (Å²) in [6.07, 6.45) is 0. The fourth-order valence-electron chi connectivity index (χ4n) is 2.59. The number of aryl methyl sites for hydroxylation is 1. The van der Waals surface area contributed by atoms with Gasteiger partial charge in [0.2, 0.25) is 6.79 Å². The SMILES string of the molecule is CCN(Cc1ccccc1C)C(=O)c1cc(Cl)c2c(c1)OCO2. The standard InChI is InChI=1S/C18H18ClNO3/c1-3-20(10-13-7-5-4-6-12(13)2)18(21)14-8-15(19)17-16(9-14)22-11-23-17/h4-9H,3,10-11H2,1-2H3. The zero-order chi connectivity index (χ0) is 16.4. The lowest BCUT2D eigenvalue weighted by Crippen LogP contribution is -2.30. The number of hydrogen-bond acceptors (Lipinski definition) is 3. The second-order valence-electron chi connectivity index (χ2n) is 5.44. The van der Waals surface area contributed by atoms with Crippen molar-refractivity contribution in [2.45, 2.75) is 20.4 Å². The van der Waals surface area contributed by atoms with E-state index in [2.05, 4.69) is 0 Å². The maximum atomic E-state index is 12.8. The summed E-state index contributed by atoms with van der Waals surface area (Å²) >= 11 is 6.18. The van der Waals surface area contributed by atoms with Gasteiger partial charge in [0.05, 0.1) is 5.02 Å². The number of benzene rings is 2. The van der Waals surface area contributed by atoms with Gasteiger partial charge in [0.25, 0.3) is 5.91 Å². The van der Waals surface area contributed by atoms with Gasteiger partial charge in [-0.3, -0.25) is 4.79 Å². The fourth-order valence-corrected chi connectivity index (χ4v) is 2.86. The third-order valence-electron chi connectivity index (χ3n) is 3.97. The van der Waals surface area contributed by atoms with Crippen molar-refractivity contribution in [1.29, 1.82) is 0 Å². The maximum absolute atomic E-state index is 12.8. The second kappa shape index (κ2) is 6.50. The molecule has 0 N–H and O–H groups in total. The number of ether oxygens (including phenoxy) is 2. The Morgan fingerprint density at radius 1 is 1.26 bits per heavy atom. The minimum absolute atomic E-state index is 0.0732. The Hall–Kier alpha value is -2.20. The lowest BCUT2D eigenvalue weighted by atomic mass is 10.1. The van der Waals surface area contributed by atoms with Crippen LogP contribution in [0.3, 0.4) is 0 Å². The Kier molecular flexibility index (Phi) is 4.44. The molecule has 4 nitrogen and oxygen atoms in total. The molecular weight excluding hydrogens is 314 g/mol. The predicted molar refractivity (Wildman–Crippen MR) is 89.2 cm³/mol. The largest absolute Gasteiger partial charge is 0.454 e. The zero-order valence-corrected chi connectivity index (χ0v) is 13.9. The van der Waals surface area contributed by atoms with Crippen molar-refractivity contribution in [2.75, 3.05) is 13.3 Å². The molecule has 0 spiro atoms. The van der Waals surface area contributed by atoms with E-state index in [0.717, 1.165) is 5.56 Å². The average molecular weight is 332 g/mol. The van der Waals surface area contributed by atoms with Crippen LogP contribution in [0.5, 0.6) is 11.5 Å². The summed E-state index contributed by atoms with van der Waals surface area (Å²) < 4.78 is 10.6. The van der Waals surface area contributed by atoms with Gasteiger partial charge >= 0.3 is 0 Å². The molecule has 2 aromatic rings. The topological polar surface area (TPSA) is 38.8 Å². The Balaban J connectivity index is 1.86. The average Bonchev–Trinajstić information content (AvgIpc) is 3.02. The summed E-state index contributed by atoms with van der Waals surface area (Å²) in [7, 11) is 0. The molecule has 5 heteroatoms. The molecular formula is C18H18ClNO3. The maximum Gasteiger partial charge on any atom is 0.254 e. The molecule has 3 rings (SSSR count). The van der Waals surface area contributed by atoms with Crippen LogP contribution in [0.25, 0.3) is 0 Å². The first-order chi connectivity index (χ1) is 11.1. The number of carbonyl (C=O) groups is 1. The lowest BCUT2D eigenvalue weighted by Gasteiger charge is -2.22. The molecule has 0 saturated carbocycles. The normalized spacial score (nSPS) is 12.3. The quantitative estimate of drug-likeness (QED) is 0.848. The molecule has 120 valence electrons. The van der Waals surface area contributed by atoms with Crippen LogP contribution in [0.15, 0.2) is 36.4 Å². The molecule has 0 fully saturated rings. The summed E-state index contributed by atoms with van der Waals surface area (Å²) in [4.78, 5) is 14.6. The van der Waals surface area contributed by atoms with Crippen LogP contribution >= 0.6 is 11.6 Å². The van der Waals surface area contributed by atoms with Crippen molar-refractivity contribution >= 4 is 17.5 Å². The van der Waals surface area contributed by atoms with E-state index in [-0.39, 0.29) is 12.7 Å². The summed E-state index contributed by atoms with van der Waals surface area (Å²) in [5.74, 6) is 0.953. The molecule has 0 atom stereocenters. The van der Waals surface area contributed by atoms with Crippen LogP contribution < -0.4 is 9.47 Å². The summed E-state index contributed by atoms with van der Waals surface area (Å²) in [5.41, 5.74) is 2.81. The minimum Gasteiger partial charge on any atom is -0.454 e. The molecule has 1 aliphatic rings. The molecule has 23 heavy (non-hydrogen) atoms. The highest BCUT2D eigenvalue weighted by Gasteiger charge is 2.23. The fraction of sp³-hybridized carbons (Fsp3) is 0.278. The summed E-state index contributed by atoms with van der Waals surface area (Å²) in [6.45, 7) is 5.32. The van der Waals surface area contributed by atoms with E-state index in [1.165, 1.54) is 5.56 Å². The van der Waals surface area contributed by atoms with E-state index >= 15 is 0 Å². The molecule has 0 unspecified atom stereocenters. The number of halogens is 1. The van der Waals surface area contributed by atoms with E-state index in [0.29, 0.717) is 35.2 Å². The van der Waals surface area contributed by atoms with Gasteiger partial charge in [-0.25, -0.2) is 0 Å². The second-order valence-corrected chi connectivity index (χ2v) is 5.84. The predicted octanol–water partition coefficient (Wildman–Crippen LogP) is 4.04. The highest BCUT2D eigenvalue weighted by molar-refractivity contribution is 6.32. The Bertz CT molecular complexity index is 745.